The van der Waals surface area contributed by atoms with Crippen molar-refractivity contribution in [3.8, 4) is 0 Å². The van der Waals surface area contributed by atoms with Gasteiger partial charge < -0.3 is 10.1 Å². The van der Waals surface area contributed by atoms with Crippen molar-refractivity contribution in [3.05, 3.63) is 70.5 Å². The van der Waals surface area contributed by atoms with Gasteiger partial charge in [0, 0.05) is 11.6 Å². The summed E-state index contributed by atoms with van der Waals surface area (Å²) in [6.45, 7) is -0.00791. The highest BCUT2D eigenvalue weighted by atomic mass is 35.5. The maximum absolute atomic E-state index is 13.2. The van der Waals surface area contributed by atoms with Gasteiger partial charge in [0.25, 0.3) is 5.91 Å². The van der Waals surface area contributed by atoms with E-state index in [4.69, 9.17) is 16.3 Å². The van der Waals surface area contributed by atoms with Gasteiger partial charge in [-0.3, -0.25) is 9.59 Å². The number of hydrogen-bond donors (Lipinski definition) is 1. The molecule has 0 radical (unpaired) electrons. The summed E-state index contributed by atoms with van der Waals surface area (Å²) in [5, 5.41) is 3.34. The Bertz CT molecular complexity index is 799. The zero-order valence-electron chi connectivity index (χ0n) is 14.8. The Labute approximate surface area is 162 Å². The van der Waals surface area contributed by atoms with E-state index in [1.54, 1.807) is 24.3 Å². The molecule has 1 amide bonds. The van der Waals surface area contributed by atoms with Crippen LogP contribution in [-0.4, -0.2) is 18.5 Å². The summed E-state index contributed by atoms with van der Waals surface area (Å²) in [6, 6.07) is 13.1. The minimum atomic E-state index is -0.788. The van der Waals surface area contributed by atoms with E-state index in [-0.39, 0.29) is 18.3 Å². The van der Waals surface area contributed by atoms with E-state index in [9.17, 15) is 14.0 Å². The van der Waals surface area contributed by atoms with Gasteiger partial charge in [-0.2, -0.15) is 0 Å². The molecule has 0 heterocycles. The van der Waals surface area contributed by atoms with Crippen LogP contribution in [-0.2, 0) is 26.3 Å². The standard InChI is InChI=1S/C21H21ClFNO3/c22-17-7-3-15(4-8-17)13-24-19(25)14-27-20(26)21(11-1-2-12-21)16-5-9-18(23)10-6-16/h3-10H,1-2,11-14H2,(H,24,25). The molecule has 1 fully saturated rings. The summed E-state index contributed by atoms with van der Waals surface area (Å²) < 4.78 is 18.5. The van der Waals surface area contributed by atoms with Gasteiger partial charge in [-0.1, -0.05) is 48.7 Å². The Balaban J connectivity index is 1.57. The monoisotopic (exact) mass is 389 g/mol. The normalized spacial score (nSPS) is 15.3. The fourth-order valence-corrected chi connectivity index (χ4v) is 3.61. The predicted molar refractivity (Wildman–Crippen MR) is 101 cm³/mol. The molecule has 1 aliphatic carbocycles. The lowest BCUT2D eigenvalue weighted by Gasteiger charge is -2.27. The van der Waals surface area contributed by atoms with Crippen LogP contribution in [0.4, 0.5) is 4.39 Å². The predicted octanol–water partition coefficient (Wildman–Crippen LogP) is 4.15. The van der Waals surface area contributed by atoms with Crippen molar-refractivity contribution in [2.24, 2.45) is 0 Å². The zero-order valence-corrected chi connectivity index (χ0v) is 15.6. The molecule has 0 spiro atoms. The first-order chi connectivity index (χ1) is 13.0. The van der Waals surface area contributed by atoms with Crippen molar-refractivity contribution in [1.82, 2.24) is 5.32 Å². The topological polar surface area (TPSA) is 55.4 Å². The fraction of sp³-hybridized carbons (Fsp3) is 0.333. The van der Waals surface area contributed by atoms with E-state index in [0.717, 1.165) is 24.0 Å². The van der Waals surface area contributed by atoms with E-state index in [2.05, 4.69) is 5.32 Å². The van der Waals surface area contributed by atoms with Crippen molar-refractivity contribution in [3.63, 3.8) is 0 Å². The summed E-state index contributed by atoms with van der Waals surface area (Å²) in [5.41, 5.74) is 0.857. The quantitative estimate of drug-likeness (QED) is 0.755. The first-order valence-corrected chi connectivity index (χ1v) is 9.32. The van der Waals surface area contributed by atoms with Crippen molar-refractivity contribution in [2.75, 3.05) is 6.61 Å². The number of esters is 1. The Hall–Kier alpha value is -2.40. The van der Waals surface area contributed by atoms with E-state index >= 15 is 0 Å². The molecule has 0 unspecified atom stereocenters. The number of carbonyl (C=O) groups is 2. The molecule has 1 N–H and O–H groups in total. The van der Waals surface area contributed by atoms with Crippen LogP contribution in [0.1, 0.15) is 36.8 Å². The Morgan fingerprint density at radius 2 is 1.67 bits per heavy atom. The first-order valence-electron chi connectivity index (χ1n) is 8.94. The summed E-state index contributed by atoms with van der Waals surface area (Å²) in [6.07, 6.45) is 3.08. The number of ether oxygens (including phenoxy) is 1. The third kappa shape index (κ3) is 4.66. The van der Waals surface area contributed by atoms with Crippen LogP contribution in [0.5, 0.6) is 0 Å². The number of nitrogens with one attached hydrogen (secondary N) is 1. The average Bonchev–Trinajstić information content (AvgIpc) is 3.17. The highest BCUT2D eigenvalue weighted by Crippen LogP contribution is 2.42. The summed E-state index contributed by atoms with van der Waals surface area (Å²) in [5.74, 6) is -1.14. The minimum absolute atomic E-state index is 0.330. The third-order valence-corrected chi connectivity index (χ3v) is 5.23. The Kier molecular flexibility index (Phi) is 6.11. The minimum Gasteiger partial charge on any atom is -0.455 e. The van der Waals surface area contributed by atoms with Gasteiger partial charge in [0.1, 0.15) is 5.82 Å². The summed E-state index contributed by atoms with van der Waals surface area (Å²) in [4.78, 5) is 24.8. The number of benzene rings is 2. The largest absolute Gasteiger partial charge is 0.455 e. The number of hydrogen-bond acceptors (Lipinski definition) is 3. The number of rotatable bonds is 6. The lowest BCUT2D eigenvalue weighted by Crippen LogP contribution is -2.37. The van der Waals surface area contributed by atoms with Crippen molar-refractivity contribution in [2.45, 2.75) is 37.6 Å². The summed E-state index contributed by atoms with van der Waals surface area (Å²) >= 11 is 5.83. The second kappa shape index (κ2) is 8.53. The molecule has 0 aliphatic heterocycles. The molecule has 6 heteroatoms. The highest BCUT2D eigenvalue weighted by molar-refractivity contribution is 6.30. The van der Waals surface area contributed by atoms with Crippen LogP contribution in [0.25, 0.3) is 0 Å². The maximum Gasteiger partial charge on any atom is 0.317 e. The van der Waals surface area contributed by atoms with Gasteiger partial charge in [0.2, 0.25) is 0 Å². The Morgan fingerprint density at radius 3 is 2.30 bits per heavy atom. The molecule has 4 nitrogen and oxygen atoms in total. The molecule has 142 valence electrons. The molecule has 1 saturated carbocycles. The molecule has 2 aromatic rings. The Morgan fingerprint density at radius 1 is 1.04 bits per heavy atom. The maximum atomic E-state index is 13.2. The van der Waals surface area contributed by atoms with Crippen molar-refractivity contribution < 1.29 is 18.7 Å². The molecule has 0 bridgehead atoms. The van der Waals surface area contributed by atoms with Crippen LogP contribution in [0.3, 0.4) is 0 Å². The van der Waals surface area contributed by atoms with Gasteiger partial charge in [-0.25, -0.2) is 4.39 Å². The van der Waals surface area contributed by atoms with Crippen LogP contribution >= 0.6 is 11.6 Å². The van der Waals surface area contributed by atoms with Gasteiger partial charge in [-0.15, -0.1) is 0 Å². The second-order valence-corrected chi connectivity index (χ2v) is 7.21. The van der Waals surface area contributed by atoms with Crippen LogP contribution in [0.15, 0.2) is 48.5 Å². The summed E-state index contributed by atoms with van der Waals surface area (Å²) in [7, 11) is 0. The van der Waals surface area contributed by atoms with Crippen molar-refractivity contribution in [1.29, 1.82) is 0 Å². The molecule has 27 heavy (non-hydrogen) atoms. The van der Waals surface area contributed by atoms with Gasteiger partial charge >= 0.3 is 5.97 Å². The number of halogens is 2. The highest BCUT2D eigenvalue weighted by Gasteiger charge is 2.44. The van der Waals surface area contributed by atoms with Crippen molar-refractivity contribution >= 4 is 23.5 Å². The van der Waals surface area contributed by atoms with Crippen LogP contribution in [0.2, 0.25) is 5.02 Å². The van der Waals surface area contributed by atoms with Gasteiger partial charge in [0.05, 0.1) is 5.41 Å². The molecular formula is C21H21ClFNO3. The van der Waals surface area contributed by atoms with Gasteiger partial charge in [0.15, 0.2) is 6.61 Å². The third-order valence-electron chi connectivity index (χ3n) is 4.98. The number of amides is 1. The molecule has 0 saturated heterocycles. The molecular weight excluding hydrogens is 369 g/mol. The van der Waals surface area contributed by atoms with E-state index in [0.29, 0.717) is 24.4 Å². The van der Waals surface area contributed by atoms with E-state index < -0.39 is 11.4 Å². The molecule has 2 aromatic carbocycles. The van der Waals surface area contributed by atoms with Crippen LogP contribution in [0, 0.1) is 5.82 Å². The zero-order chi connectivity index (χ0) is 19.3. The molecule has 3 rings (SSSR count). The molecule has 0 aromatic heterocycles. The first kappa shape index (κ1) is 19.4. The fourth-order valence-electron chi connectivity index (χ4n) is 3.48. The van der Waals surface area contributed by atoms with Gasteiger partial charge in [-0.05, 0) is 48.2 Å². The van der Waals surface area contributed by atoms with Crippen LogP contribution < -0.4 is 5.32 Å². The lowest BCUT2D eigenvalue weighted by molar-refractivity contribution is -0.154. The molecule has 0 atom stereocenters. The van der Waals surface area contributed by atoms with E-state index in [1.807, 2.05) is 12.1 Å². The molecule has 1 aliphatic rings. The lowest BCUT2D eigenvalue weighted by atomic mass is 9.79. The second-order valence-electron chi connectivity index (χ2n) is 6.78. The average molecular weight is 390 g/mol. The SMILES string of the molecule is O=C(COC(=O)C1(c2ccc(F)cc2)CCCC1)NCc1ccc(Cl)cc1. The smallest absolute Gasteiger partial charge is 0.317 e. The van der Waals surface area contributed by atoms with E-state index in [1.165, 1.54) is 12.1 Å². The number of carbonyl (C=O) groups excluding carboxylic acids is 2.